The minimum atomic E-state index is -0.359. The minimum absolute atomic E-state index is 0.0733. The maximum atomic E-state index is 13.4. The topological polar surface area (TPSA) is 98.1 Å². The zero-order chi connectivity index (χ0) is 24.2. The van der Waals surface area contributed by atoms with Crippen LogP contribution in [0.4, 0.5) is 4.39 Å². The first-order valence-corrected chi connectivity index (χ1v) is 11.3. The molecule has 0 radical (unpaired) electrons. The molecule has 0 spiro atoms. The number of halogens is 1. The largest absolute Gasteiger partial charge is 0.373 e. The van der Waals surface area contributed by atoms with Crippen LogP contribution >= 0.6 is 0 Å². The SMILES string of the molecule is CC(NC(=O)c1cc(C(=O)N[C@@H](c2ccc(F)cc2)C(C)C)n2c1COCC2)c1cnccn1. The number of ether oxygens (including phenoxy) is 1. The normalized spacial score (nSPS) is 14.9. The van der Waals surface area contributed by atoms with Gasteiger partial charge in [0.1, 0.15) is 11.5 Å². The average molecular weight is 466 g/mol. The van der Waals surface area contributed by atoms with E-state index in [0.29, 0.717) is 35.8 Å². The zero-order valence-corrected chi connectivity index (χ0v) is 19.4. The van der Waals surface area contributed by atoms with Crippen LogP contribution < -0.4 is 10.6 Å². The molecule has 1 unspecified atom stereocenters. The number of hydrogen-bond donors (Lipinski definition) is 2. The second kappa shape index (κ2) is 10.1. The smallest absolute Gasteiger partial charge is 0.268 e. The predicted molar refractivity (Wildman–Crippen MR) is 123 cm³/mol. The molecule has 9 heteroatoms. The molecule has 2 aromatic heterocycles. The molecule has 3 heterocycles. The van der Waals surface area contributed by atoms with Crippen molar-refractivity contribution in [1.82, 2.24) is 25.2 Å². The van der Waals surface area contributed by atoms with Crippen molar-refractivity contribution < 1.29 is 18.7 Å². The van der Waals surface area contributed by atoms with E-state index in [2.05, 4.69) is 20.6 Å². The number of nitrogens with one attached hydrogen (secondary N) is 2. The molecule has 4 rings (SSSR count). The van der Waals surface area contributed by atoms with E-state index in [0.717, 1.165) is 5.56 Å². The summed E-state index contributed by atoms with van der Waals surface area (Å²) >= 11 is 0. The Morgan fingerprint density at radius 3 is 2.53 bits per heavy atom. The molecule has 1 aliphatic heterocycles. The zero-order valence-electron chi connectivity index (χ0n) is 19.4. The fourth-order valence-corrected chi connectivity index (χ4v) is 4.11. The number of carbonyl (C=O) groups is 2. The lowest BCUT2D eigenvalue weighted by Gasteiger charge is -2.24. The molecular formula is C25H28FN5O3. The van der Waals surface area contributed by atoms with Crippen molar-refractivity contribution in [1.29, 1.82) is 0 Å². The number of aromatic nitrogens is 3. The number of rotatable bonds is 7. The molecule has 0 aliphatic carbocycles. The van der Waals surface area contributed by atoms with Crippen LogP contribution in [0.15, 0.2) is 48.9 Å². The van der Waals surface area contributed by atoms with Gasteiger partial charge in [-0.3, -0.25) is 19.6 Å². The van der Waals surface area contributed by atoms with E-state index in [9.17, 15) is 14.0 Å². The number of hydrogen-bond acceptors (Lipinski definition) is 5. The van der Waals surface area contributed by atoms with Gasteiger partial charge in [-0.15, -0.1) is 0 Å². The highest BCUT2D eigenvalue weighted by atomic mass is 19.1. The summed E-state index contributed by atoms with van der Waals surface area (Å²) in [6, 6.07) is 7.06. The summed E-state index contributed by atoms with van der Waals surface area (Å²) in [6.07, 6.45) is 4.74. The lowest BCUT2D eigenvalue weighted by atomic mass is 9.96. The highest BCUT2D eigenvalue weighted by Crippen LogP contribution is 2.25. The van der Waals surface area contributed by atoms with Gasteiger partial charge in [0.15, 0.2) is 0 Å². The molecule has 0 fully saturated rings. The fraction of sp³-hybridized carbons (Fsp3) is 0.360. The molecule has 0 saturated heterocycles. The van der Waals surface area contributed by atoms with Gasteiger partial charge in [-0.25, -0.2) is 4.39 Å². The maximum absolute atomic E-state index is 13.4. The summed E-state index contributed by atoms with van der Waals surface area (Å²) in [5.74, 6) is -0.869. The summed E-state index contributed by atoms with van der Waals surface area (Å²) in [4.78, 5) is 34.8. The predicted octanol–water partition coefficient (Wildman–Crippen LogP) is 3.57. The summed E-state index contributed by atoms with van der Waals surface area (Å²) in [5, 5.41) is 5.99. The van der Waals surface area contributed by atoms with Crippen molar-refractivity contribution in [2.45, 2.75) is 46.0 Å². The monoisotopic (exact) mass is 465 g/mol. The van der Waals surface area contributed by atoms with Crippen LogP contribution in [0.3, 0.4) is 0 Å². The Morgan fingerprint density at radius 1 is 1.09 bits per heavy atom. The van der Waals surface area contributed by atoms with Crippen molar-refractivity contribution in [3.8, 4) is 0 Å². The standard InChI is InChI=1S/C25H28FN5O3/c1-15(2)23(17-4-6-18(26)7-5-17)30-25(33)21-12-19(22-14-34-11-10-31(21)22)24(32)29-16(3)20-13-27-8-9-28-20/h4-9,12-13,15-16,23H,10-11,14H2,1-3H3,(H,29,32)(H,30,33)/t16?,23-/m1/s1. The van der Waals surface area contributed by atoms with Gasteiger partial charge in [-0.2, -0.15) is 0 Å². The Kier molecular flexibility index (Phi) is 7.02. The van der Waals surface area contributed by atoms with Gasteiger partial charge < -0.3 is 19.9 Å². The van der Waals surface area contributed by atoms with Crippen molar-refractivity contribution >= 4 is 11.8 Å². The summed E-state index contributed by atoms with van der Waals surface area (Å²) in [7, 11) is 0. The Labute approximate surface area is 197 Å². The van der Waals surface area contributed by atoms with E-state index in [-0.39, 0.29) is 42.2 Å². The van der Waals surface area contributed by atoms with Gasteiger partial charge in [-0.1, -0.05) is 26.0 Å². The molecule has 2 amide bonds. The summed E-state index contributed by atoms with van der Waals surface area (Å²) < 4.78 is 20.8. The Bertz CT molecular complexity index is 1160. The lowest BCUT2D eigenvalue weighted by molar-refractivity contribution is 0.0771. The minimum Gasteiger partial charge on any atom is -0.373 e. The highest BCUT2D eigenvalue weighted by Gasteiger charge is 2.28. The third-order valence-corrected chi connectivity index (χ3v) is 5.94. The highest BCUT2D eigenvalue weighted by molar-refractivity contribution is 6.01. The average Bonchev–Trinajstić information content (AvgIpc) is 3.23. The first-order valence-electron chi connectivity index (χ1n) is 11.3. The molecule has 0 saturated carbocycles. The van der Waals surface area contributed by atoms with E-state index in [1.54, 1.807) is 36.8 Å². The van der Waals surface area contributed by atoms with Gasteiger partial charge in [0.2, 0.25) is 0 Å². The third-order valence-electron chi connectivity index (χ3n) is 5.94. The summed E-state index contributed by atoms with van der Waals surface area (Å²) in [5.41, 5.74) is 2.89. The second-order valence-corrected chi connectivity index (χ2v) is 8.67. The maximum Gasteiger partial charge on any atom is 0.268 e. The van der Waals surface area contributed by atoms with E-state index >= 15 is 0 Å². The van der Waals surface area contributed by atoms with Crippen LogP contribution in [-0.2, 0) is 17.9 Å². The quantitative estimate of drug-likeness (QED) is 0.556. The molecule has 1 aliphatic rings. The summed E-state index contributed by atoms with van der Waals surface area (Å²) in [6.45, 7) is 6.95. The molecule has 1 aromatic carbocycles. The second-order valence-electron chi connectivity index (χ2n) is 8.67. The van der Waals surface area contributed by atoms with E-state index in [1.165, 1.54) is 12.1 Å². The first kappa shape index (κ1) is 23.6. The lowest BCUT2D eigenvalue weighted by Crippen LogP contribution is -2.34. The molecule has 2 N–H and O–H groups in total. The van der Waals surface area contributed by atoms with Crippen LogP contribution in [0, 0.1) is 11.7 Å². The van der Waals surface area contributed by atoms with E-state index in [1.807, 2.05) is 25.3 Å². The van der Waals surface area contributed by atoms with Gasteiger partial charge >= 0.3 is 0 Å². The van der Waals surface area contributed by atoms with Crippen LogP contribution in [0.5, 0.6) is 0 Å². The fourth-order valence-electron chi connectivity index (χ4n) is 4.11. The number of amides is 2. The molecule has 178 valence electrons. The van der Waals surface area contributed by atoms with Crippen molar-refractivity contribution in [3.05, 3.63) is 82.9 Å². The molecular weight excluding hydrogens is 437 g/mol. The van der Waals surface area contributed by atoms with Crippen LogP contribution in [-0.4, -0.2) is 33.0 Å². The third kappa shape index (κ3) is 4.99. The van der Waals surface area contributed by atoms with Crippen molar-refractivity contribution in [2.75, 3.05) is 6.61 Å². The number of fused-ring (bicyclic) bond motifs is 1. The molecule has 8 nitrogen and oxygen atoms in total. The van der Waals surface area contributed by atoms with Crippen LogP contribution in [0.2, 0.25) is 0 Å². The Morgan fingerprint density at radius 2 is 1.85 bits per heavy atom. The molecule has 34 heavy (non-hydrogen) atoms. The van der Waals surface area contributed by atoms with Crippen LogP contribution in [0.25, 0.3) is 0 Å². The Balaban J connectivity index is 1.59. The number of nitrogens with zero attached hydrogens (tertiary/aromatic N) is 3. The number of carbonyl (C=O) groups excluding carboxylic acids is 2. The van der Waals surface area contributed by atoms with Gasteiger partial charge in [0.05, 0.1) is 48.4 Å². The van der Waals surface area contributed by atoms with Gasteiger partial charge in [0.25, 0.3) is 11.8 Å². The Hall–Kier alpha value is -3.59. The van der Waals surface area contributed by atoms with Crippen molar-refractivity contribution in [3.63, 3.8) is 0 Å². The first-order chi connectivity index (χ1) is 16.3. The van der Waals surface area contributed by atoms with E-state index in [4.69, 9.17) is 4.74 Å². The molecule has 2 atom stereocenters. The van der Waals surface area contributed by atoms with Crippen LogP contribution in [0.1, 0.15) is 70.7 Å². The van der Waals surface area contributed by atoms with Gasteiger partial charge in [0, 0.05) is 18.9 Å². The van der Waals surface area contributed by atoms with E-state index < -0.39 is 0 Å². The van der Waals surface area contributed by atoms with Crippen molar-refractivity contribution in [2.24, 2.45) is 5.92 Å². The van der Waals surface area contributed by atoms with Gasteiger partial charge in [-0.05, 0) is 36.6 Å². The molecule has 0 bridgehead atoms. The molecule has 3 aromatic rings. The number of benzene rings is 1.